The van der Waals surface area contributed by atoms with E-state index in [1.807, 2.05) is 13.0 Å². The Morgan fingerprint density at radius 2 is 1.71 bits per heavy atom. The van der Waals surface area contributed by atoms with Gasteiger partial charge < -0.3 is 10.1 Å². The fourth-order valence-electron chi connectivity index (χ4n) is 5.62. The van der Waals surface area contributed by atoms with Crippen LogP contribution in [0.2, 0.25) is 0 Å². The van der Waals surface area contributed by atoms with E-state index in [2.05, 4.69) is 15.3 Å². The lowest BCUT2D eigenvalue weighted by molar-refractivity contribution is -0.137. The Kier molecular flexibility index (Phi) is 7.54. The highest BCUT2D eigenvalue weighted by molar-refractivity contribution is 6.04. The third kappa shape index (κ3) is 5.61. The number of benzene rings is 1. The number of carbonyl (C=O) groups is 1. The predicted octanol–water partition coefficient (Wildman–Crippen LogP) is 5.51. The Bertz CT molecular complexity index is 1270. The molecule has 2 aliphatic rings. The average molecular weight is 528 g/mol. The van der Waals surface area contributed by atoms with Gasteiger partial charge in [-0.1, -0.05) is 0 Å². The number of aryl methyl sites for hydroxylation is 1. The number of anilines is 1. The zero-order chi connectivity index (χ0) is 26.9. The second-order valence-electron chi connectivity index (χ2n) is 10.1. The van der Waals surface area contributed by atoms with E-state index in [0.29, 0.717) is 34.6 Å². The Morgan fingerprint density at radius 1 is 1.03 bits per heavy atom. The number of morpholine rings is 1. The van der Waals surface area contributed by atoms with Crippen molar-refractivity contribution in [2.75, 3.05) is 31.6 Å². The van der Waals surface area contributed by atoms with Crippen LogP contribution in [0.15, 0.2) is 42.7 Å². The van der Waals surface area contributed by atoms with Crippen LogP contribution in [0.5, 0.6) is 0 Å². The summed E-state index contributed by atoms with van der Waals surface area (Å²) in [6.07, 6.45) is 3.23. The van der Waals surface area contributed by atoms with Crippen molar-refractivity contribution in [1.82, 2.24) is 19.7 Å². The van der Waals surface area contributed by atoms with E-state index in [9.17, 15) is 18.0 Å². The van der Waals surface area contributed by atoms with Crippen LogP contribution in [0, 0.1) is 13.8 Å². The molecule has 3 heterocycles. The van der Waals surface area contributed by atoms with Crippen molar-refractivity contribution in [3.05, 3.63) is 70.8 Å². The van der Waals surface area contributed by atoms with Crippen molar-refractivity contribution in [1.29, 1.82) is 0 Å². The van der Waals surface area contributed by atoms with Gasteiger partial charge >= 0.3 is 6.18 Å². The summed E-state index contributed by atoms with van der Waals surface area (Å²) in [6.45, 7) is 7.42. The first-order chi connectivity index (χ1) is 18.2. The number of hydrogen-bond donors (Lipinski definition) is 1. The Labute approximate surface area is 220 Å². The molecule has 10 heteroatoms. The summed E-state index contributed by atoms with van der Waals surface area (Å²) >= 11 is 0. The molecule has 202 valence electrons. The second kappa shape index (κ2) is 10.9. The molecular formula is C28H32F3N5O2. The van der Waals surface area contributed by atoms with Crippen molar-refractivity contribution in [3.8, 4) is 5.69 Å². The molecule has 1 saturated heterocycles. The molecule has 0 unspecified atom stereocenters. The molecule has 38 heavy (non-hydrogen) atoms. The highest BCUT2D eigenvalue weighted by Crippen LogP contribution is 2.36. The maximum atomic E-state index is 13.0. The first-order valence-corrected chi connectivity index (χ1v) is 13.0. The van der Waals surface area contributed by atoms with Crippen LogP contribution in [-0.2, 0) is 10.9 Å². The molecule has 5 rings (SSSR count). The van der Waals surface area contributed by atoms with Crippen molar-refractivity contribution < 1.29 is 22.7 Å². The van der Waals surface area contributed by atoms with Crippen LogP contribution in [0.25, 0.3) is 5.69 Å². The normalized spacial score (nSPS) is 20.9. The van der Waals surface area contributed by atoms with Gasteiger partial charge in [0, 0.05) is 30.7 Å². The molecule has 1 aromatic carbocycles. The molecule has 1 amide bonds. The van der Waals surface area contributed by atoms with Crippen molar-refractivity contribution >= 4 is 11.6 Å². The highest BCUT2D eigenvalue weighted by Gasteiger charge is 2.31. The molecule has 1 aliphatic heterocycles. The monoisotopic (exact) mass is 527 g/mol. The number of alkyl halides is 3. The third-order valence-electron chi connectivity index (χ3n) is 7.72. The van der Waals surface area contributed by atoms with Gasteiger partial charge in [-0.3, -0.25) is 14.7 Å². The molecule has 2 fully saturated rings. The quantitative estimate of drug-likeness (QED) is 0.474. The molecule has 1 N–H and O–H groups in total. The van der Waals surface area contributed by atoms with Crippen LogP contribution in [0.3, 0.4) is 0 Å². The summed E-state index contributed by atoms with van der Waals surface area (Å²) < 4.78 is 45.6. The van der Waals surface area contributed by atoms with Crippen LogP contribution in [0.1, 0.15) is 64.5 Å². The number of carbonyl (C=O) groups excluding carboxylic acids is 1. The minimum Gasteiger partial charge on any atom is -0.379 e. The summed E-state index contributed by atoms with van der Waals surface area (Å²) in [4.78, 5) is 20.3. The third-order valence-corrected chi connectivity index (χ3v) is 7.72. The highest BCUT2D eigenvalue weighted by atomic mass is 19.4. The fourth-order valence-corrected chi connectivity index (χ4v) is 5.62. The van der Waals surface area contributed by atoms with Crippen molar-refractivity contribution in [2.24, 2.45) is 0 Å². The molecule has 0 spiro atoms. The van der Waals surface area contributed by atoms with Gasteiger partial charge in [0.25, 0.3) is 5.91 Å². The van der Waals surface area contributed by atoms with Gasteiger partial charge in [-0.2, -0.15) is 18.3 Å². The van der Waals surface area contributed by atoms with Gasteiger partial charge in [-0.05, 0) is 75.4 Å². The van der Waals surface area contributed by atoms with E-state index in [1.54, 1.807) is 13.1 Å². The van der Waals surface area contributed by atoms with Gasteiger partial charge in [0.1, 0.15) is 0 Å². The molecule has 1 aliphatic carbocycles. The summed E-state index contributed by atoms with van der Waals surface area (Å²) in [5.74, 6) is 0.0712. The standard InChI is InChI=1S/C28H32F3N5O2/c1-18-15-22(16-32-26(18)20-3-7-23(8-4-20)35-11-13-38-14-12-35)34-27(37)25-17-33-36(19(25)2)24-9-5-21(6-10-24)28(29,30)31/h5-6,9-10,15-17,20,23H,3-4,7-8,11-14H2,1-2H3,(H,34,37). The van der Waals surface area contributed by atoms with E-state index in [1.165, 1.54) is 23.0 Å². The van der Waals surface area contributed by atoms with Crippen LogP contribution in [0.4, 0.5) is 18.9 Å². The first-order valence-electron chi connectivity index (χ1n) is 13.0. The number of nitrogens with zero attached hydrogens (tertiary/aromatic N) is 4. The maximum absolute atomic E-state index is 13.0. The smallest absolute Gasteiger partial charge is 0.379 e. The van der Waals surface area contributed by atoms with E-state index in [-0.39, 0.29) is 5.91 Å². The Hall–Kier alpha value is -3.24. The number of ether oxygens (including phenoxy) is 1. The lowest BCUT2D eigenvalue weighted by Crippen LogP contribution is -2.44. The molecule has 2 aromatic heterocycles. The van der Waals surface area contributed by atoms with Crippen LogP contribution < -0.4 is 5.32 Å². The first kappa shape index (κ1) is 26.4. The molecular weight excluding hydrogens is 495 g/mol. The number of amides is 1. The minimum absolute atomic E-state index is 0.341. The molecule has 0 atom stereocenters. The van der Waals surface area contributed by atoms with E-state index < -0.39 is 11.7 Å². The second-order valence-corrected chi connectivity index (χ2v) is 10.1. The Morgan fingerprint density at radius 3 is 2.34 bits per heavy atom. The van der Waals surface area contributed by atoms with Crippen LogP contribution in [-0.4, -0.2) is 57.9 Å². The van der Waals surface area contributed by atoms with Gasteiger partial charge in [0.15, 0.2) is 0 Å². The van der Waals surface area contributed by atoms with E-state index >= 15 is 0 Å². The minimum atomic E-state index is -4.41. The maximum Gasteiger partial charge on any atom is 0.416 e. The summed E-state index contributed by atoms with van der Waals surface area (Å²) in [5, 5.41) is 7.11. The molecule has 0 radical (unpaired) electrons. The zero-order valence-electron chi connectivity index (χ0n) is 21.6. The van der Waals surface area contributed by atoms with Gasteiger partial charge in [-0.15, -0.1) is 0 Å². The number of rotatable bonds is 5. The van der Waals surface area contributed by atoms with Crippen LogP contribution >= 0.6 is 0 Å². The summed E-state index contributed by atoms with van der Waals surface area (Å²) in [6, 6.07) is 7.25. The average Bonchev–Trinajstić information content (AvgIpc) is 3.30. The van der Waals surface area contributed by atoms with E-state index in [4.69, 9.17) is 9.72 Å². The number of pyridine rings is 1. The lowest BCUT2D eigenvalue weighted by Gasteiger charge is -2.38. The molecule has 1 saturated carbocycles. The summed E-state index contributed by atoms with van der Waals surface area (Å²) in [5.41, 5.74) is 3.32. The molecule has 7 nitrogen and oxygen atoms in total. The van der Waals surface area contributed by atoms with Crippen molar-refractivity contribution in [2.45, 2.75) is 57.7 Å². The molecule has 3 aromatic rings. The van der Waals surface area contributed by atoms with Gasteiger partial charge in [-0.25, -0.2) is 4.68 Å². The lowest BCUT2D eigenvalue weighted by atomic mass is 9.82. The number of aromatic nitrogens is 3. The number of hydrogen-bond acceptors (Lipinski definition) is 5. The number of halogens is 3. The summed E-state index contributed by atoms with van der Waals surface area (Å²) in [7, 11) is 0. The number of nitrogens with one attached hydrogen (secondary N) is 1. The fraction of sp³-hybridized carbons (Fsp3) is 0.464. The largest absolute Gasteiger partial charge is 0.416 e. The SMILES string of the molecule is Cc1cc(NC(=O)c2cnn(-c3ccc(C(F)(F)F)cc3)c2C)cnc1C1CCC(N2CCOCC2)CC1. The zero-order valence-corrected chi connectivity index (χ0v) is 21.6. The van der Waals surface area contributed by atoms with Gasteiger partial charge in [0.2, 0.25) is 0 Å². The molecule has 0 bridgehead atoms. The topological polar surface area (TPSA) is 72.3 Å². The van der Waals surface area contributed by atoms with Gasteiger partial charge in [0.05, 0.1) is 53.8 Å². The predicted molar refractivity (Wildman–Crippen MR) is 138 cm³/mol. The Balaban J connectivity index is 1.22. The van der Waals surface area contributed by atoms with Crippen molar-refractivity contribution in [3.63, 3.8) is 0 Å². The van der Waals surface area contributed by atoms with E-state index in [0.717, 1.165) is 75.4 Å².